The Bertz CT molecular complexity index is 583. The molecule has 0 aliphatic heterocycles. The van der Waals surface area contributed by atoms with Gasteiger partial charge in [0.15, 0.2) is 5.96 Å². The SMILES string of the molecule is CCNC(=NCCCN(C)CCOC)NCCc1cccc(C(=O)NC)c1.I. The third-order valence-corrected chi connectivity index (χ3v) is 4.11. The van der Waals surface area contributed by atoms with Crippen LogP contribution in [0.25, 0.3) is 0 Å². The zero-order valence-electron chi connectivity index (χ0n) is 17.6. The van der Waals surface area contributed by atoms with Crippen LogP contribution in [0.1, 0.15) is 29.3 Å². The van der Waals surface area contributed by atoms with Crippen molar-refractivity contribution in [2.75, 3.05) is 60.5 Å². The van der Waals surface area contributed by atoms with Crippen LogP contribution in [0, 0.1) is 0 Å². The molecule has 0 saturated carbocycles. The summed E-state index contributed by atoms with van der Waals surface area (Å²) in [7, 11) is 5.46. The fraction of sp³-hybridized carbons (Fsp3) is 0.600. The Morgan fingerprint density at radius 3 is 2.71 bits per heavy atom. The lowest BCUT2D eigenvalue weighted by atomic mass is 10.1. The van der Waals surface area contributed by atoms with Crippen LogP contribution in [-0.2, 0) is 11.2 Å². The van der Waals surface area contributed by atoms with E-state index < -0.39 is 0 Å². The first-order valence-electron chi connectivity index (χ1n) is 9.61. The van der Waals surface area contributed by atoms with E-state index in [1.165, 1.54) is 0 Å². The Hall–Kier alpha value is -1.39. The first-order valence-corrected chi connectivity index (χ1v) is 9.61. The van der Waals surface area contributed by atoms with Crippen LogP contribution in [0.3, 0.4) is 0 Å². The molecule has 0 aliphatic carbocycles. The van der Waals surface area contributed by atoms with Gasteiger partial charge in [-0.2, -0.15) is 0 Å². The van der Waals surface area contributed by atoms with Crippen molar-refractivity contribution in [1.29, 1.82) is 0 Å². The molecule has 28 heavy (non-hydrogen) atoms. The minimum atomic E-state index is -0.0600. The van der Waals surface area contributed by atoms with Crippen LogP contribution in [0.15, 0.2) is 29.3 Å². The minimum absolute atomic E-state index is 0. The molecule has 0 unspecified atom stereocenters. The maximum absolute atomic E-state index is 11.7. The second-order valence-electron chi connectivity index (χ2n) is 6.37. The van der Waals surface area contributed by atoms with Crippen LogP contribution in [0.5, 0.6) is 0 Å². The monoisotopic (exact) mass is 505 g/mol. The van der Waals surface area contributed by atoms with Crippen molar-refractivity contribution in [1.82, 2.24) is 20.9 Å². The molecule has 1 aromatic carbocycles. The standard InChI is InChI=1S/C20H35N5O2.HI/c1-5-22-20(23-11-7-13-25(3)14-15-27-4)24-12-10-17-8-6-9-18(16-17)19(26)21-2;/h6,8-9,16H,5,7,10-15H2,1-4H3,(H,21,26)(H2,22,23,24);1H. The number of hydrogen-bond acceptors (Lipinski definition) is 4. The van der Waals surface area contributed by atoms with E-state index in [1.807, 2.05) is 24.3 Å². The number of halogens is 1. The van der Waals surface area contributed by atoms with Crippen LogP contribution in [0.4, 0.5) is 0 Å². The predicted octanol–water partition coefficient (Wildman–Crippen LogP) is 1.73. The molecule has 7 nitrogen and oxygen atoms in total. The van der Waals surface area contributed by atoms with E-state index >= 15 is 0 Å². The average Bonchev–Trinajstić information content (AvgIpc) is 2.69. The van der Waals surface area contributed by atoms with Crippen LogP contribution in [-0.4, -0.2) is 77.3 Å². The molecule has 160 valence electrons. The van der Waals surface area contributed by atoms with Crippen molar-refractivity contribution in [3.63, 3.8) is 0 Å². The van der Waals surface area contributed by atoms with Crippen molar-refractivity contribution in [2.45, 2.75) is 19.8 Å². The number of hydrogen-bond donors (Lipinski definition) is 3. The molecule has 3 N–H and O–H groups in total. The lowest BCUT2D eigenvalue weighted by Crippen LogP contribution is -2.38. The molecule has 1 aromatic rings. The Kier molecular flexibility index (Phi) is 15.7. The van der Waals surface area contributed by atoms with Gasteiger partial charge < -0.3 is 25.6 Å². The summed E-state index contributed by atoms with van der Waals surface area (Å²) in [6, 6.07) is 7.71. The van der Waals surface area contributed by atoms with Gasteiger partial charge in [0.2, 0.25) is 0 Å². The number of nitrogens with one attached hydrogen (secondary N) is 3. The minimum Gasteiger partial charge on any atom is -0.383 e. The maximum atomic E-state index is 11.7. The summed E-state index contributed by atoms with van der Waals surface area (Å²) in [4.78, 5) is 18.6. The fourth-order valence-corrected chi connectivity index (χ4v) is 2.57. The van der Waals surface area contributed by atoms with Crippen molar-refractivity contribution in [2.24, 2.45) is 4.99 Å². The molecule has 0 heterocycles. The van der Waals surface area contributed by atoms with E-state index in [0.29, 0.717) is 5.56 Å². The summed E-state index contributed by atoms with van der Waals surface area (Å²) in [5.74, 6) is 0.773. The number of carbonyl (C=O) groups excluding carboxylic acids is 1. The maximum Gasteiger partial charge on any atom is 0.251 e. The molecule has 1 amide bonds. The van der Waals surface area contributed by atoms with Gasteiger partial charge in [0.25, 0.3) is 5.91 Å². The van der Waals surface area contributed by atoms with E-state index in [0.717, 1.165) is 63.7 Å². The first-order chi connectivity index (χ1) is 13.1. The smallest absolute Gasteiger partial charge is 0.251 e. The number of amides is 1. The highest BCUT2D eigenvalue weighted by molar-refractivity contribution is 14.0. The number of ether oxygens (including phenoxy) is 1. The Morgan fingerprint density at radius 2 is 2.04 bits per heavy atom. The third-order valence-electron chi connectivity index (χ3n) is 4.11. The molecule has 0 atom stereocenters. The van der Waals surface area contributed by atoms with Gasteiger partial charge in [-0.1, -0.05) is 12.1 Å². The molecule has 0 saturated heterocycles. The van der Waals surface area contributed by atoms with E-state index in [-0.39, 0.29) is 29.9 Å². The van der Waals surface area contributed by atoms with Gasteiger partial charge in [-0.05, 0) is 51.1 Å². The van der Waals surface area contributed by atoms with Gasteiger partial charge in [0.05, 0.1) is 6.61 Å². The molecule has 0 aliphatic rings. The summed E-state index contributed by atoms with van der Waals surface area (Å²) in [5.41, 5.74) is 1.81. The van der Waals surface area contributed by atoms with E-state index in [4.69, 9.17) is 4.74 Å². The van der Waals surface area contributed by atoms with Crippen LogP contribution >= 0.6 is 24.0 Å². The number of likely N-dealkylation sites (N-methyl/N-ethyl adjacent to an activating group) is 1. The molecular weight excluding hydrogens is 469 g/mol. The highest BCUT2D eigenvalue weighted by Crippen LogP contribution is 2.05. The van der Waals surface area contributed by atoms with Gasteiger partial charge in [-0.15, -0.1) is 24.0 Å². The van der Waals surface area contributed by atoms with Gasteiger partial charge in [0.1, 0.15) is 0 Å². The molecule has 0 bridgehead atoms. The number of nitrogens with zero attached hydrogens (tertiary/aromatic N) is 2. The zero-order valence-corrected chi connectivity index (χ0v) is 19.9. The highest BCUT2D eigenvalue weighted by Gasteiger charge is 2.04. The Morgan fingerprint density at radius 1 is 1.25 bits per heavy atom. The van der Waals surface area contributed by atoms with Gasteiger partial charge in [0, 0.05) is 45.9 Å². The molecule has 0 spiro atoms. The van der Waals surface area contributed by atoms with E-state index in [1.54, 1.807) is 14.2 Å². The number of aliphatic imine (C=N–C) groups is 1. The molecule has 0 radical (unpaired) electrons. The third kappa shape index (κ3) is 11.5. The molecule has 1 rings (SSSR count). The molecule has 0 fully saturated rings. The molecular formula is C20H36IN5O2. The van der Waals surface area contributed by atoms with E-state index in [9.17, 15) is 4.79 Å². The van der Waals surface area contributed by atoms with Gasteiger partial charge in [-0.25, -0.2) is 0 Å². The summed E-state index contributed by atoms with van der Waals surface area (Å²) >= 11 is 0. The lowest BCUT2D eigenvalue weighted by Gasteiger charge is -2.15. The lowest BCUT2D eigenvalue weighted by molar-refractivity contribution is 0.0963. The van der Waals surface area contributed by atoms with E-state index in [2.05, 4.69) is 39.8 Å². The molecule has 8 heteroatoms. The Balaban J connectivity index is 0.00000729. The number of guanidine groups is 1. The average molecular weight is 505 g/mol. The fourth-order valence-electron chi connectivity index (χ4n) is 2.57. The van der Waals surface area contributed by atoms with Crippen molar-refractivity contribution in [3.8, 4) is 0 Å². The number of methoxy groups -OCH3 is 1. The predicted molar refractivity (Wildman–Crippen MR) is 127 cm³/mol. The number of benzene rings is 1. The largest absolute Gasteiger partial charge is 0.383 e. The normalized spacial score (nSPS) is 11.1. The van der Waals surface area contributed by atoms with Crippen molar-refractivity contribution in [3.05, 3.63) is 35.4 Å². The quantitative estimate of drug-likeness (QED) is 0.175. The summed E-state index contributed by atoms with van der Waals surface area (Å²) in [6.45, 7) is 7.11. The second-order valence-corrected chi connectivity index (χ2v) is 6.37. The van der Waals surface area contributed by atoms with Crippen LogP contribution < -0.4 is 16.0 Å². The van der Waals surface area contributed by atoms with Crippen molar-refractivity contribution < 1.29 is 9.53 Å². The summed E-state index contributed by atoms with van der Waals surface area (Å²) < 4.78 is 5.09. The number of rotatable bonds is 12. The first kappa shape index (κ1) is 26.6. The molecule has 0 aromatic heterocycles. The highest BCUT2D eigenvalue weighted by atomic mass is 127. The van der Waals surface area contributed by atoms with Crippen molar-refractivity contribution >= 4 is 35.8 Å². The second kappa shape index (κ2) is 16.6. The zero-order chi connectivity index (χ0) is 19.9. The van der Waals surface area contributed by atoms with Crippen LogP contribution in [0.2, 0.25) is 0 Å². The Labute approximate surface area is 186 Å². The van der Waals surface area contributed by atoms with Gasteiger partial charge >= 0.3 is 0 Å². The summed E-state index contributed by atoms with van der Waals surface area (Å²) in [5, 5.41) is 9.28. The topological polar surface area (TPSA) is 78.0 Å². The summed E-state index contributed by atoms with van der Waals surface area (Å²) in [6.07, 6.45) is 1.83. The van der Waals surface area contributed by atoms with Gasteiger partial charge in [-0.3, -0.25) is 9.79 Å². The number of carbonyl (C=O) groups is 1.